The van der Waals surface area contributed by atoms with E-state index < -0.39 is 0 Å². The molecule has 1 N–H and O–H groups in total. The van der Waals surface area contributed by atoms with Gasteiger partial charge in [-0.3, -0.25) is 0 Å². The number of anilines is 1. The van der Waals surface area contributed by atoms with Gasteiger partial charge in [-0.05, 0) is 19.8 Å². The maximum atomic E-state index is 5.83. The molecule has 0 aliphatic carbocycles. The number of rotatable bonds is 4. The largest absolute Gasteiger partial charge is 0.367 e. The summed E-state index contributed by atoms with van der Waals surface area (Å²) < 4.78 is 0. The van der Waals surface area contributed by atoms with Crippen LogP contribution in [0, 0.1) is 6.92 Å². The molecule has 78 valence electrons. The Bertz CT molecular complexity index is 277. The molecule has 0 unspecified atom stereocenters. The van der Waals surface area contributed by atoms with E-state index in [0.717, 1.165) is 18.7 Å². The SMILES string of the molecule is CCC(CC)Nc1cc(Cl)nc(C)n1. The topological polar surface area (TPSA) is 37.8 Å². The quantitative estimate of drug-likeness (QED) is 0.782. The van der Waals surface area contributed by atoms with Crippen LogP contribution in [0.4, 0.5) is 5.82 Å². The third-order valence-corrected chi connectivity index (χ3v) is 2.34. The van der Waals surface area contributed by atoms with E-state index in [1.165, 1.54) is 0 Å². The van der Waals surface area contributed by atoms with Crippen LogP contribution in [-0.2, 0) is 0 Å². The van der Waals surface area contributed by atoms with Crippen molar-refractivity contribution in [1.29, 1.82) is 0 Å². The molecule has 0 spiro atoms. The van der Waals surface area contributed by atoms with E-state index >= 15 is 0 Å². The summed E-state index contributed by atoms with van der Waals surface area (Å²) in [6.45, 7) is 6.14. The summed E-state index contributed by atoms with van der Waals surface area (Å²) in [6.07, 6.45) is 2.16. The zero-order valence-corrected chi connectivity index (χ0v) is 9.60. The van der Waals surface area contributed by atoms with Crippen LogP contribution in [0.25, 0.3) is 0 Å². The van der Waals surface area contributed by atoms with Crippen molar-refractivity contribution in [3.05, 3.63) is 17.0 Å². The first-order chi connectivity index (χ1) is 6.65. The number of aryl methyl sites for hydroxylation is 1. The number of halogens is 1. The second kappa shape index (κ2) is 5.15. The van der Waals surface area contributed by atoms with Gasteiger partial charge in [-0.15, -0.1) is 0 Å². The summed E-state index contributed by atoms with van der Waals surface area (Å²) in [4.78, 5) is 8.27. The first kappa shape index (κ1) is 11.2. The van der Waals surface area contributed by atoms with Crippen molar-refractivity contribution < 1.29 is 0 Å². The van der Waals surface area contributed by atoms with Crippen molar-refractivity contribution in [2.24, 2.45) is 0 Å². The summed E-state index contributed by atoms with van der Waals surface area (Å²) in [5, 5.41) is 3.82. The molecule has 1 aromatic rings. The number of nitrogens with one attached hydrogen (secondary N) is 1. The van der Waals surface area contributed by atoms with Gasteiger partial charge in [0.1, 0.15) is 16.8 Å². The highest BCUT2D eigenvalue weighted by Crippen LogP contribution is 2.13. The van der Waals surface area contributed by atoms with Crippen molar-refractivity contribution in [1.82, 2.24) is 9.97 Å². The predicted octanol–water partition coefficient (Wildman–Crippen LogP) is 3.04. The van der Waals surface area contributed by atoms with Crippen LogP contribution in [0.3, 0.4) is 0 Å². The van der Waals surface area contributed by atoms with Gasteiger partial charge in [0.05, 0.1) is 0 Å². The van der Waals surface area contributed by atoms with E-state index in [2.05, 4.69) is 29.1 Å². The maximum Gasteiger partial charge on any atom is 0.134 e. The van der Waals surface area contributed by atoms with Gasteiger partial charge in [-0.25, -0.2) is 9.97 Å². The van der Waals surface area contributed by atoms with Crippen LogP contribution < -0.4 is 5.32 Å². The molecule has 0 atom stereocenters. The van der Waals surface area contributed by atoms with Gasteiger partial charge >= 0.3 is 0 Å². The second-order valence-corrected chi connectivity index (χ2v) is 3.67. The number of hydrogen-bond acceptors (Lipinski definition) is 3. The van der Waals surface area contributed by atoms with Crippen LogP contribution in [0.2, 0.25) is 5.15 Å². The smallest absolute Gasteiger partial charge is 0.134 e. The first-order valence-electron chi connectivity index (χ1n) is 4.93. The Hall–Kier alpha value is -0.830. The monoisotopic (exact) mass is 213 g/mol. The predicted molar refractivity (Wildman–Crippen MR) is 59.8 cm³/mol. The van der Waals surface area contributed by atoms with Gasteiger partial charge in [0, 0.05) is 12.1 Å². The Labute approximate surface area is 89.9 Å². The van der Waals surface area contributed by atoms with Crippen molar-refractivity contribution >= 4 is 17.4 Å². The van der Waals surface area contributed by atoms with E-state index in [0.29, 0.717) is 17.0 Å². The minimum Gasteiger partial charge on any atom is -0.367 e. The van der Waals surface area contributed by atoms with Gasteiger partial charge in [-0.2, -0.15) is 0 Å². The van der Waals surface area contributed by atoms with Gasteiger partial charge in [0.15, 0.2) is 0 Å². The first-order valence-corrected chi connectivity index (χ1v) is 5.31. The van der Waals surface area contributed by atoms with Crippen LogP contribution in [0.5, 0.6) is 0 Å². The molecule has 0 saturated carbocycles. The lowest BCUT2D eigenvalue weighted by Gasteiger charge is -2.15. The molecule has 14 heavy (non-hydrogen) atoms. The van der Waals surface area contributed by atoms with Crippen molar-refractivity contribution in [2.45, 2.75) is 39.7 Å². The highest BCUT2D eigenvalue weighted by molar-refractivity contribution is 6.29. The molecule has 1 rings (SSSR count). The molecular weight excluding hydrogens is 198 g/mol. The van der Waals surface area contributed by atoms with Crippen LogP contribution in [0.15, 0.2) is 6.07 Å². The van der Waals surface area contributed by atoms with Gasteiger partial charge < -0.3 is 5.32 Å². The molecular formula is C10H16ClN3. The van der Waals surface area contributed by atoms with Crippen molar-refractivity contribution in [3.63, 3.8) is 0 Å². The Balaban J connectivity index is 2.75. The fraction of sp³-hybridized carbons (Fsp3) is 0.600. The summed E-state index contributed by atoms with van der Waals surface area (Å²) >= 11 is 5.83. The Morgan fingerprint density at radius 3 is 2.50 bits per heavy atom. The summed E-state index contributed by atoms with van der Waals surface area (Å²) in [5.74, 6) is 1.52. The number of aromatic nitrogens is 2. The van der Waals surface area contributed by atoms with Crippen molar-refractivity contribution in [3.8, 4) is 0 Å². The van der Waals surface area contributed by atoms with Crippen LogP contribution in [0.1, 0.15) is 32.5 Å². The Morgan fingerprint density at radius 2 is 2.00 bits per heavy atom. The van der Waals surface area contributed by atoms with Crippen molar-refractivity contribution in [2.75, 3.05) is 5.32 Å². The molecule has 0 amide bonds. The normalized spacial score (nSPS) is 10.6. The third kappa shape index (κ3) is 3.14. The molecule has 0 aliphatic rings. The van der Waals surface area contributed by atoms with E-state index in [9.17, 15) is 0 Å². The zero-order valence-electron chi connectivity index (χ0n) is 8.84. The second-order valence-electron chi connectivity index (χ2n) is 3.28. The van der Waals surface area contributed by atoms with Crippen LogP contribution >= 0.6 is 11.6 Å². The average molecular weight is 214 g/mol. The van der Waals surface area contributed by atoms with Gasteiger partial charge in [0.2, 0.25) is 0 Å². The Kier molecular flexibility index (Phi) is 4.14. The lowest BCUT2D eigenvalue weighted by molar-refractivity contribution is 0.667. The molecule has 0 aliphatic heterocycles. The lowest BCUT2D eigenvalue weighted by atomic mass is 10.2. The summed E-state index contributed by atoms with van der Waals surface area (Å²) in [5.41, 5.74) is 0. The van der Waals surface area contributed by atoms with Gasteiger partial charge in [0.25, 0.3) is 0 Å². The molecule has 0 aromatic carbocycles. The number of nitrogens with zero attached hydrogens (tertiary/aromatic N) is 2. The minimum absolute atomic E-state index is 0.459. The minimum atomic E-state index is 0.459. The van der Waals surface area contributed by atoms with E-state index in [1.54, 1.807) is 6.07 Å². The van der Waals surface area contributed by atoms with E-state index in [-0.39, 0.29) is 0 Å². The summed E-state index contributed by atoms with van der Waals surface area (Å²) in [7, 11) is 0. The summed E-state index contributed by atoms with van der Waals surface area (Å²) in [6, 6.07) is 2.22. The molecule has 1 heterocycles. The fourth-order valence-corrected chi connectivity index (χ4v) is 1.53. The van der Waals surface area contributed by atoms with Crippen LogP contribution in [-0.4, -0.2) is 16.0 Å². The highest BCUT2D eigenvalue weighted by atomic mass is 35.5. The van der Waals surface area contributed by atoms with E-state index in [4.69, 9.17) is 11.6 Å². The molecule has 0 bridgehead atoms. The molecule has 3 nitrogen and oxygen atoms in total. The fourth-order valence-electron chi connectivity index (χ4n) is 1.31. The molecule has 0 radical (unpaired) electrons. The molecule has 0 fully saturated rings. The third-order valence-electron chi connectivity index (χ3n) is 2.14. The molecule has 4 heteroatoms. The standard InChI is InChI=1S/C10H16ClN3/c1-4-8(5-2)14-10-6-9(11)12-7(3)13-10/h6,8H,4-5H2,1-3H3,(H,12,13,14). The number of hydrogen-bond donors (Lipinski definition) is 1. The van der Waals surface area contributed by atoms with Gasteiger partial charge in [-0.1, -0.05) is 25.4 Å². The highest BCUT2D eigenvalue weighted by Gasteiger charge is 2.05. The Morgan fingerprint density at radius 1 is 1.36 bits per heavy atom. The molecule has 0 saturated heterocycles. The lowest BCUT2D eigenvalue weighted by Crippen LogP contribution is -2.18. The molecule has 1 aromatic heterocycles. The van der Waals surface area contributed by atoms with E-state index in [1.807, 2.05) is 6.92 Å². The maximum absolute atomic E-state index is 5.83. The average Bonchev–Trinajstić information content (AvgIpc) is 2.12. The zero-order chi connectivity index (χ0) is 10.6.